The lowest BCUT2D eigenvalue weighted by atomic mass is 10.2. The summed E-state index contributed by atoms with van der Waals surface area (Å²) in [6, 6.07) is 24.6. The first-order valence-corrected chi connectivity index (χ1v) is 13.7. The van der Waals surface area contributed by atoms with Crippen LogP contribution in [0.2, 0.25) is 0 Å². The maximum absolute atomic E-state index is 6.95. The molecule has 0 aliphatic heterocycles. The molecule has 0 radical (unpaired) electrons. The van der Waals surface area contributed by atoms with E-state index in [-0.39, 0.29) is 0 Å². The molecule has 0 aromatic heterocycles. The first-order valence-electron chi connectivity index (χ1n) is 10.6. The molecule has 0 spiro atoms. The van der Waals surface area contributed by atoms with Crippen molar-refractivity contribution >= 4 is 35.3 Å². The monoisotopic (exact) mass is 501 g/mol. The third-order valence-electron chi connectivity index (χ3n) is 5.02. The van der Waals surface area contributed by atoms with E-state index in [0.29, 0.717) is 0 Å². The quantitative estimate of drug-likeness (QED) is 0.271. The molecule has 3 aromatic carbocycles. The van der Waals surface area contributed by atoms with E-state index in [1.54, 1.807) is 44.9 Å². The van der Waals surface area contributed by atoms with Gasteiger partial charge in [0.25, 0.3) is 0 Å². The van der Waals surface area contributed by atoms with Crippen molar-refractivity contribution in [2.75, 3.05) is 27.1 Å². The highest BCUT2D eigenvalue weighted by atomic mass is 32.2. The fourth-order valence-corrected chi connectivity index (χ4v) is 6.89. The predicted molar refractivity (Wildman–Crippen MR) is 145 cm³/mol. The van der Waals surface area contributed by atoms with Gasteiger partial charge in [-0.05, 0) is 53.1 Å². The van der Waals surface area contributed by atoms with Gasteiger partial charge in [-0.2, -0.15) is 11.8 Å². The van der Waals surface area contributed by atoms with Crippen LogP contribution in [0.4, 0.5) is 0 Å². The molecule has 0 aliphatic rings. The number of benzene rings is 3. The minimum absolute atomic E-state index is 0.420. The molecule has 4 nitrogen and oxygen atoms in total. The fraction of sp³-hybridized carbons (Fsp3) is 0.308. The first-order chi connectivity index (χ1) is 16.0. The van der Waals surface area contributed by atoms with Gasteiger partial charge in [0.1, 0.15) is 21.5 Å². The van der Waals surface area contributed by atoms with Crippen LogP contribution in [0.1, 0.15) is 16.7 Å². The summed E-state index contributed by atoms with van der Waals surface area (Å²) in [6.45, 7) is 0. The second kappa shape index (κ2) is 13.1. The predicted octanol–water partition coefficient (Wildman–Crippen LogP) is 6.42. The van der Waals surface area contributed by atoms with Crippen LogP contribution in [0.3, 0.4) is 0 Å². The topological polar surface area (TPSA) is 53.7 Å². The molecule has 0 atom stereocenters. The Morgan fingerprint density at radius 1 is 0.576 bits per heavy atom. The second-order valence-corrected chi connectivity index (χ2v) is 11.3. The van der Waals surface area contributed by atoms with Gasteiger partial charge in [-0.3, -0.25) is 0 Å². The van der Waals surface area contributed by atoms with Gasteiger partial charge in [-0.1, -0.05) is 36.4 Å². The normalized spacial score (nSPS) is 11.3. The lowest BCUT2D eigenvalue weighted by Gasteiger charge is -2.28. The van der Waals surface area contributed by atoms with E-state index >= 15 is 0 Å². The van der Waals surface area contributed by atoms with Gasteiger partial charge in [0.05, 0.1) is 21.3 Å². The largest absolute Gasteiger partial charge is 0.497 e. The summed E-state index contributed by atoms with van der Waals surface area (Å²) in [5.74, 6) is 6.05. The van der Waals surface area contributed by atoms with E-state index in [4.69, 9.17) is 19.9 Å². The summed E-state index contributed by atoms with van der Waals surface area (Å²) >= 11 is 5.45. The molecule has 176 valence electrons. The minimum atomic E-state index is -0.420. The van der Waals surface area contributed by atoms with E-state index in [2.05, 4.69) is 36.4 Å². The molecule has 0 amide bonds. The van der Waals surface area contributed by atoms with Crippen molar-refractivity contribution in [2.24, 2.45) is 5.73 Å². The summed E-state index contributed by atoms with van der Waals surface area (Å²) in [7, 11) is 5.06. The summed E-state index contributed by atoms with van der Waals surface area (Å²) in [6.07, 6.45) is 0. The molecule has 0 unspecified atom stereocenters. The third kappa shape index (κ3) is 8.41. The number of hydrogen-bond donors (Lipinski definition) is 1. The van der Waals surface area contributed by atoms with Crippen LogP contribution < -0.4 is 19.9 Å². The molecule has 3 rings (SSSR count). The van der Waals surface area contributed by atoms with Crippen molar-refractivity contribution < 1.29 is 14.2 Å². The maximum atomic E-state index is 6.95. The summed E-state index contributed by atoms with van der Waals surface area (Å²) in [5.41, 5.74) is 10.7. The van der Waals surface area contributed by atoms with Gasteiger partial charge >= 0.3 is 0 Å². The maximum Gasteiger partial charge on any atom is 0.119 e. The van der Waals surface area contributed by atoms with Gasteiger partial charge in [0.2, 0.25) is 0 Å². The summed E-state index contributed by atoms with van der Waals surface area (Å²) < 4.78 is 15.4. The number of hydrogen-bond acceptors (Lipinski definition) is 7. The van der Waals surface area contributed by atoms with Crippen molar-refractivity contribution in [3.05, 3.63) is 89.5 Å². The summed E-state index contributed by atoms with van der Waals surface area (Å²) in [4.78, 5) is 0. The van der Waals surface area contributed by atoms with Crippen LogP contribution in [-0.2, 0) is 17.3 Å². The summed E-state index contributed by atoms with van der Waals surface area (Å²) in [5, 5.41) is 0. The zero-order valence-electron chi connectivity index (χ0n) is 19.3. The Hall–Kier alpha value is -1.93. The van der Waals surface area contributed by atoms with Crippen molar-refractivity contribution in [2.45, 2.75) is 21.5 Å². The van der Waals surface area contributed by atoms with Crippen LogP contribution in [0, 0.1) is 0 Å². The number of nitrogens with two attached hydrogens (primary N) is 1. The molecule has 0 saturated carbocycles. The van der Waals surface area contributed by atoms with E-state index in [0.717, 1.165) is 40.3 Å². The van der Waals surface area contributed by atoms with Crippen LogP contribution in [0.25, 0.3) is 0 Å². The van der Waals surface area contributed by atoms with Crippen molar-refractivity contribution in [1.82, 2.24) is 0 Å². The Morgan fingerprint density at radius 2 is 0.909 bits per heavy atom. The average Bonchev–Trinajstić information content (AvgIpc) is 2.87. The highest BCUT2D eigenvalue weighted by Crippen LogP contribution is 2.40. The third-order valence-corrected chi connectivity index (χ3v) is 9.51. The molecule has 7 heteroatoms. The van der Waals surface area contributed by atoms with E-state index in [9.17, 15) is 0 Å². The van der Waals surface area contributed by atoms with Crippen LogP contribution in [0.15, 0.2) is 72.8 Å². The SMILES string of the molecule is COc1ccc(CSCC(N)(SCc2ccc(OC)cc2)SCc2ccc(OC)cc2)cc1. The Balaban J connectivity index is 1.61. The Bertz CT molecular complexity index is 912. The zero-order valence-corrected chi connectivity index (χ0v) is 21.7. The van der Waals surface area contributed by atoms with Crippen molar-refractivity contribution in [1.29, 1.82) is 0 Å². The highest BCUT2D eigenvalue weighted by molar-refractivity contribution is 8.18. The first kappa shape index (κ1) is 25.7. The molecule has 0 fully saturated rings. The minimum Gasteiger partial charge on any atom is -0.497 e. The Morgan fingerprint density at radius 3 is 1.24 bits per heavy atom. The molecule has 0 heterocycles. The highest BCUT2D eigenvalue weighted by Gasteiger charge is 2.26. The number of ether oxygens (including phenoxy) is 3. The molecular weight excluding hydrogens is 470 g/mol. The Kier molecular flexibility index (Phi) is 10.2. The van der Waals surface area contributed by atoms with Crippen molar-refractivity contribution in [3.8, 4) is 17.2 Å². The molecular formula is C26H31NO3S3. The van der Waals surface area contributed by atoms with Gasteiger partial charge in [0, 0.05) is 23.0 Å². The average molecular weight is 502 g/mol. The molecule has 0 saturated heterocycles. The van der Waals surface area contributed by atoms with E-state index in [1.165, 1.54) is 16.7 Å². The molecule has 0 aliphatic carbocycles. The van der Waals surface area contributed by atoms with E-state index < -0.39 is 4.20 Å². The van der Waals surface area contributed by atoms with Crippen molar-refractivity contribution in [3.63, 3.8) is 0 Å². The molecule has 3 aromatic rings. The smallest absolute Gasteiger partial charge is 0.119 e. The van der Waals surface area contributed by atoms with Gasteiger partial charge in [-0.15, -0.1) is 23.5 Å². The van der Waals surface area contributed by atoms with E-state index in [1.807, 2.05) is 48.2 Å². The van der Waals surface area contributed by atoms with Gasteiger partial charge in [-0.25, -0.2) is 0 Å². The number of methoxy groups -OCH3 is 3. The number of thioether (sulfide) groups is 3. The standard InChI is InChI=1S/C26H31NO3S3/c1-28-23-10-4-20(5-11-23)16-31-19-26(27,32-17-21-6-12-24(29-2)13-7-21)33-18-22-8-14-25(30-3)15-9-22/h4-15H,16-19,27H2,1-3H3. The molecule has 0 bridgehead atoms. The van der Waals surface area contributed by atoms with Gasteiger partial charge < -0.3 is 19.9 Å². The van der Waals surface area contributed by atoms with Crippen LogP contribution >= 0.6 is 35.3 Å². The number of rotatable bonds is 13. The Labute approximate surface area is 210 Å². The second-order valence-electron chi connectivity index (χ2n) is 7.43. The fourth-order valence-electron chi connectivity index (χ4n) is 3.01. The zero-order chi connectivity index (χ0) is 23.5. The van der Waals surface area contributed by atoms with Gasteiger partial charge in [0.15, 0.2) is 0 Å². The lowest BCUT2D eigenvalue weighted by molar-refractivity contribution is 0.414. The molecule has 2 N–H and O–H groups in total. The van der Waals surface area contributed by atoms with Crippen LogP contribution in [0.5, 0.6) is 17.2 Å². The molecule has 33 heavy (non-hydrogen) atoms. The van der Waals surface area contributed by atoms with Crippen LogP contribution in [-0.4, -0.2) is 31.3 Å². The lowest BCUT2D eigenvalue weighted by Crippen LogP contribution is -2.35.